The summed E-state index contributed by atoms with van der Waals surface area (Å²) in [5, 5.41) is 1.02. The zero-order valence-corrected chi connectivity index (χ0v) is 9.48. The number of nitrogens with two attached hydrogens (primary N) is 1. The molecule has 2 rings (SSSR count). The number of hydrogen-bond acceptors (Lipinski definition) is 4. The molecule has 0 saturated carbocycles. The van der Waals surface area contributed by atoms with Crippen molar-refractivity contribution >= 4 is 26.7 Å². The van der Waals surface area contributed by atoms with Gasteiger partial charge in [-0.2, -0.15) is 8.42 Å². The van der Waals surface area contributed by atoms with E-state index in [0.29, 0.717) is 6.26 Å². The summed E-state index contributed by atoms with van der Waals surface area (Å²) in [4.78, 5) is 4.16. The first kappa shape index (κ1) is 12.4. The van der Waals surface area contributed by atoms with Crippen molar-refractivity contribution in [3.63, 3.8) is 0 Å². The number of nitrogen functional groups attached to an aromatic ring is 1. The highest BCUT2D eigenvalue weighted by Gasteiger charge is 1.94. The van der Waals surface area contributed by atoms with Gasteiger partial charge in [0.25, 0.3) is 10.1 Å². The molecule has 0 unspecified atom stereocenters. The van der Waals surface area contributed by atoms with Crippen LogP contribution in [0, 0.1) is 0 Å². The van der Waals surface area contributed by atoms with Gasteiger partial charge in [-0.15, -0.1) is 0 Å². The Morgan fingerprint density at radius 3 is 2.38 bits per heavy atom. The SMILES string of the molecule is CS(=O)(=O)O.Nc1ccnc2ccccc12. The van der Waals surface area contributed by atoms with E-state index >= 15 is 0 Å². The van der Waals surface area contributed by atoms with E-state index in [2.05, 4.69) is 4.98 Å². The Morgan fingerprint density at radius 1 is 1.25 bits per heavy atom. The Balaban J connectivity index is 0.000000221. The number of fused-ring (bicyclic) bond motifs is 1. The fourth-order valence-corrected chi connectivity index (χ4v) is 1.12. The van der Waals surface area contributed by atoms with E-state index in [1.54, 1.807) is 6.20 Å². The van der Waals surface area contributed by atoms with Crippen molar-refractivity contribution in [1.29, 1.82) is 0 Å². The van der Waals surface area contributed by atoms with Crippen LogP contribution in [0.3, 0.4) is 0 Å². The van der Waals surface area contributed by atoms with Crippen LogP contribution in [0.25, 0.3) is 10.9 Å². The van der Waals surface area contributed by atoms with Crippen LogP contribution in [0.5, 0.6) is 0 Å². The molecule has 1 aromatic carbocycles. The second kappa shape index (κ2) is 4.91. The monoisotopic (exact) mass is 240 g/mol. The molecule has 0 atom stereocenters. The molecule has 0 fully saturated rings. The van der Waals surface area contributed by atoms with Crippen LogP contribution in [-0.4, -0.2) is 24.2 Å². The van der Waals surface area contributed by atoms with Crippen molar-refractivity contribution in [2.45, 2.75) is 0 Å². The van der Waals surface area contributed by atoms with Gasteiger partial charge < -0.3 is 5.73 Å². The summed E-state index contributed by atoms with van der Waals surface area (Å²) < 4.78 is 25.9. The Morgan fingerprint density at radius 2 is 1.81 bits per heavy atom. The van der Waals surface area contributed by atoms with Gasteiger partial charge in [-0.25, -0.2) is 0 Å². The molecule has 0 aliphatic carbocycles. The van der Waals surface area contributed by atoms with Gasteiger partial charge in [-0.1, -0.05) is 18.2 Å². The minimum Gasteiger partial charge on any atom is -0.398 e. The van der Waals surface area contributed by atoms with Crippen LogP contribution >= 0.6 is 0 Å². The number of pyridine rings is 1. The Hall–Kier alpha value is -1.66. The topological polar surface area (TPSA) is 93.3 Å². The average Bonchev–Trinajstić information content (AvgIpc) is 2.16. The van der Waals surface area contributed by atoms with Crippen molar-refractivity contribution in [1.82, 2.24) is 4.98 Å². The molecule has 0 bridgehead atoms. The number of hydrogen-bond donors (Lipinski definition) is 2. The van der Waals surface area contributed by atoms with Crippen molar-refractivity contribution in [3.8, 4) is 0 Å². The predicted octanol–water partition coefficient (Wildman–Crippen LogP) is 1.32. The summed E-state index contributed by atoms with van der Waals surface area (Å²) in [6.45, 7) is 0. The molecule has 86 valence electrons. The Labute approximate surface area is 93.7 Å². The fourth-order valence-electron chi connectivity index (χ4n) is 1.12. The van der Waals surface area contributed by atoms with E-state index in [1.807, 2.05) is 30.3 Å². The summed E-state index contributed by atoms with van der Waals surface area (Å²) >= 11 is 0. The first-order valence-electron chi connectivity index (χ1n) is 4.39. The highest BCUT2D eigenvalue weighted by Crippen LogP contribution is 2.16. The standard InChI is InChI=1S/C9H8N2.CH4O3S/c10-8-5-6-11-9-4-2-1-3-7(8)9;1-5(2,3)4/h1-6H,(H2,10,11);1H3,(H,2,3,4). The first-order chi connectivity index (χ1) is 7.38. The highest BCUT2D eigenvalue weighted by atomic mass is 32.2. The molecule has 0 spiro atoms. The van der Waals surface area contributed by atoms with Gasteiger partial charge in [-0.05, 0) is 12.1 Å². The molecule has 1 aromatic heterocycles. The summed E-state index contributed by atoms with van der Waals surface area (Å²) in [5.74, 6) is 0. The predicted molar refractivity (Wildman–Crippen MR) is 63.6 cm³/mol. The molecule has 3 N–H and O–H groups in total. The van der Waals surface area contributed by atoms with Crippen molar-refractivity contribution in [2.75, 3.05) is 12.0 Å². The van der Waals surface area contributed by atoms with E-state index in [4.69, 9.17) is 10.3 Å². The minimum atomic E-state index is -3.67. The largest absolute Gasteiger partial charge is 0.398 e. The smallest absolute Gasteiger partial charge is 0.261 e. The number of anilines is 1. The molecule has 0 radical (unpaired) electrons. The summed E-state index contributed by atoms with van der Waals surface area (Å²) in [7, 11) is -3.67. The molecule has 1 heterocycles. The molecule has 5 nitrogen and oxygen atoms in total. The molecular formula is C10H12N2O3S. The molecule has 0 saturated heterocycles. The van der Waals surface area contributed by atoms with Crippen molar-refractivity contribution in [2.24, 2.45) is 0 Å². The molecule has 16 heavy (non-hydrogen) atoms. The summed E-state index contributed by atoms with van der Waals surface area (Å²) in [5.41, 5.74) is 7.46. The lowest BCUT2D eigenvalue weighted by atomic mass is 10.2. The van der Waals surface area contributed by atoms with Gasteiger partial charge in [0.05, 0.1) is 11.8 Å². The Kier molecular flexibility index (Phi) is 3.81. The highest BCUT2D eigenvalue weighted by molar-refractivity contribution is 7.85. The maximum absolute atomic E-state index is 9.19. The second-order valence-electron chi connectivity index (χ2n) is 3.15. The van der Waals surface area contributed by atoms with E-state index in [1.165, 1.54) is 0 Å². The quantitative estimate of drug-likeness (QED) is 0.677. The van der Waals surface area contributed by atoms with Gasteiger partial charge in [0.15, 0.2) is 0 Å². The normalized spacial score (nSPS) is 10.6. The van der Waals surface area contributed by atoms with E-state index in [0.717, 1.165) is 16.6 Å². The van der Waals surface area contributed by atoms with E-state index < -0.39 is 10.1 Å². The van der Waals surface area contributed by atoms with Gasteiger partial charge in [0, 0.05) is 17.3 Å². The van der Waals surface area contributed by atoms with Crippen molar-refractivity contribution in [3.05, 3.63) is 36.5 Å². The minimum absolute atomic E-state index is 0.715. The lowest BCUT2D eigenvalue weighted by molar-refractivity contribution is 0.490. The maximum Gasteiger partial charge on any atom is 0.261 e. The van der Waals surface area contributed by atoms with Gasteiger partial charge in [0.2, 0.25) is 0 Å². The maximum atomic E-state index is 9.19. The second-order valence-corrected chi connectivity index (χ2v) is 4.62. The summed E-state index contributed by atoms with van der Waals surface area (Å²) in [6.07, 6.45) is 2.44. The van der Waals surface area contributed by atoms with E-state index in [9.17, 15) is 8.42 Å². The van der Waals surface area contributed by atoms with Gasteiger partial charge in [-0.3, -0.25) is 9.54 Å². The number of benzene rings is 1. The molecule has 6 heteroatoms. The van der Waals surface area contributed by atoms with Crippen LogP contribution < -0.4 is 5.73 Å². The van der Waals surface area contributed by atoms with Crippen LogP contribution in [0.1, 0.15) is 0 Å². The fraction of sp³-hybridized carbons (Fsp3) is 0.100. The van der Waals surface area contributed by atoms with E-state index in [-0.39, 0.29) is 0 Å². The zero-order chi connectivity index (χ0) is 12.2. The summed E-state index contributed by atoms with van der Waals surface area (Å²) in [6, 6.07) is 9.64. The number of rotatable bonds is 0. The zero-order valence-electron chi connectivity index (χ0n) is 8.66. The third kappa shape index (κ3) is 4.24. The van der Waals surface area contributed by atoms with Crippen LogP contribution in [0.4, 0.5) is 5.69 Å². The first-order valence-corrected chi connectivity index (χ1v) is 6.24. The van der Waals surface area contributed by atoms with Crippen LogP contribution in [0.15, 0.2) is 36.5 Å². The molecule has 0 amide bonds. The van der Waals surface area contributed by atoms with Crippen LogP contribution in [-0.2, 0) is 10.1 Å². The van der Waals surface area contributed by atoms with Gasteiger partial charge in [0.1, 0.15) is 0 Å². The third-order valence-corrected chi connectivity index (χ3v) is 1.68. The lowest BCUT2D eigenvalue weighted by Gasteiger charge is -1.97. The van der Waals surface area contributed by atoms with Crippen LogP contribution in [0.2, 0.25) is 0 Å². The molecule has 0 aliphatic heterocycles. The third-order valence-electron chi connectivity index (χ3n) is 1.68. The number of para-hydroxylation sites is 1. The number of nitrogens with zero attached hydrogens (tertiary/aromatic N) is 1. The van der Waals surface area contributed by atoms with Gasteiger partial charge >= 0.3 is 0 Å². The Bertz CT molecular complexity index is 568. The van der Waals surface area contributed by atoms with Crippen molar-refractivity contribution < 1.29 is 13.0 Å². The average molecular weight is 240 g/mol. The molecule has 2 aromatic rings. The number of aromatic nitrogens is 1. The lowest BCUT2D eigenvalue weighted by Crippen LogP contribution is -1.88. The molecular weight excluding hydrogens is 228 g/mol. The molecule has 0 aliphatic rings.